The molecule has 11 heteroatoms. The predicted molar refractivity (Wildman–Crippen MR) is 179 cm³/mol. The molecule has 0 aliphatic carbocycles. The van der Waals surface area contributed by atoms with Gasteiger partial charge in [-0.15, -0.1) is 0 Å². The van der Waals surface area contributed by atoms with Crippen LogP contribution in [-0.4, -0.2) is 63.3 Å². The molecule has 0 aliphatic rings. The molecule has 45 heavy (non-hydrogen) atoms. The minimum atomic E-state index is -4.13. The number of carbonyl (C=O) groups is 3. The van der Waals surface area contributed by atoms with E-state index in [1.54, 1.807) is 32.3 Å². The van der Waals surface area contributed by atoms with Crippen molar-refractivity contribution in [2.45, 2.75) is 90.4 Å². The second-order valence-corrected chi connectivity index (χ2v) is 15.1. The number of hydrogen-bond acceptors (Lipinski definition) is 7. The van der Waals surface area contributed by atoms with E-state index < -0.39 is 44.9 Å². The van der Waals surface area contributed by atoms with Gasteiger partial charge in [-0.05, 0) is 48.6 Å². The highest BCUT2D eigenvalue weighted by molar-refractivity contribution is 7.90. The number of benzene rings is 2. The van der Waals surface area contributed by atoms with Crippen LogP contribution in [0.2, 0.25) is 0 Å². The van der Waals surface area contributed by atoms with Crippen LogP contribution in [0, 0.1) is 11.3 Å². The molecule has 2 aromatic rings. The monoisotopic (exact) mass is 641 g/mol. The van der Waals surface area contributed by atoms with Gasteiger partial charge in [-0.3, -0.25) is 14.4 Å². The molecule has 248 valence electrons. The Morgan fingerprint density at radius 1 is 0.933 bits per heavy atom. The summed E-state index contributed by atoms with van der Waals surface area (Å²) in [6, 6.07) is 13.6. The highest BCUT2D eigenvalue weighted by Gasteiger charge is 2.41. The van der Waals surface area contributed by atoms with Crippen molar-refractivity contribution in [2.75, 3.05) is 14.1 Å². The molecule has 10 nitrogen and oxygen atoms in total. The van der Waals surface area contributed by atoms with E-state index in [1.807, 2.05) is 78.8 Å². The Kier molecular flexibility index (Phi) is 12.7. The van der Waals surface area contributed by atoms with Crippen molar-refractivity contribution < 1.29 is 22.8 Å². The average Bonchev–Trinajstić information content (AvgIpc) is 2.97. The van der Waals surface area contributed by atoms with Crippen LogP contribution < -0.4 is 21.1 Å². The van der Waals surface area contributed by atoms with Gasteiger partial charge in [0, 0.05) is 24.6 Å². The van der Waals surface area contributed by atoms with Gasteiger partial charge in [0.1, 0.15) is 6.04 Å². The molecule has 5 N–H and O–H groups in total. The fraction of sp³-hybridized carbons (Fsp3) is 0.500. The lowest BCUT2D eigenvalue weighted by molar-refractivity contribution is -0.140. The van der Waals surface area contributed by atoms with Gasteiger partial charge in [0.15, 0.2) is 0 Å². The summed E-state index contributed by atoms with van der Waals surface area (Å²) in [6.07, 6.45) is 1.58. The Balaban J connectivity index is 2.32. The van der Waals surface area contributed by atoms with Crippen molar-refractivity contribution in [1.82, 2.24) is 20.3 Å². The van der Waals surface area contributed by atoms with Gasteiger partial charge in [-0.1, -0.05) is 97.0 Å². The van der Waals surface area contributed by atoms with Gasteiger partial charge in [0.2, 0.25) is 11.8 Å². The molecule has 0 bridgehead atoms. The van der Waals surface area contributed by atoms with Crippen LogP contribution in [0.15, 0.2) is 71.1 Å². The fourth-order valence-corrected chi connectivity index (χ4v) is 6.25. The summed E-state index contributed by atoms with van der Waals surface area (Å²) in [5.74, 6) is -1.59. The number of sulfonamides is 1. The van der Waals surface area contributed by atoms with Gasteiger partial charge < -0.3 is 21.3 Å². The number of nitrogens with two attached hydrogens (primary N) is 1. The van der Waals surface area contributed by atoms with E-state index in [1.165, 1.54) is 24.0 Å². The molecule has 0 aliphatic heterocycles. The largest absolute Gasteiger partial charge is 0.342 e. The van der Waals surface area contributed by atoms with Gasteiger partial charge in [0.05, 0.1) is 17.0 Å². The quantitative estimate of drug-likeness (QED) is 0.245. The first-order valence-electron chi connectivity index (χ1n) is 15.1. The molecular weight excluding hydrogens is 590 g/mol. The van der Waals surface area contributed by atoms with Gasteiger partial charge in [-0.25, -0.2) is 13.1 Å². The van der Waals surface area contributed by atoms with Crippen molar-refractivity contribution in [3.8, 4) is 0 Å². The fourth-order valence-electron chi connectivity index (χ4n) is 5.23. The second-order valence-electron chi connectivity index (χ2n) is 13.4. The third-order valence-corrected chi connectivity index (χ3v) is 9.49. The molecule has 3 unspecified atom stereocenters. The van der Waals surface area contributed by atoms with Crippen molar-refractivity contribution in [3.05, 3.63) is 77.4 Å². The number of nitrogens with zero attached hydrogens (tertiary/aromatic N) is 1. The smallest absolute Gasteiger partial charge is 0.264 e. The van der Waals surface area contributed by atoms with Crippen molar-refractivity contribution in [3.63, 3.8) is 0 Å². The summed E-state index contributed by atoms with van der Waals surface area (Å²) >= 11 is 0. The van der Waals surface area contributed by atoms with Gasteiger partial charge >= 0.3 is 0 Å². The van der Waals surface area contributed by atoms with E-state index in [0.29, 0.717) is 0 Å². The topological polar surface area (TPSA) is 151 Å². The number of carbonyl (C=O) groups excluding carboxylic acids is 3. The van der Waals surface area contributed by atoms with E-state index in [0.717, 1.165) is 11.1 Å². The molecule has 0 spiro atoms. The normalized spacial score (nSPS) is 14.8. The standard InChI is InChI=1S/C34H51N5O5S/c1-22(2)27(20-23(3)30(40)38-45(43,44)26-18-16-24(21-35)17-19-26)39(10)32(42)29(33(4,5)6)37-31(41)28(36-9)34(7,8)25-14-12-11-13-15-25/h11-20,22,27-29,36H,21,35H2,1-10H3,(H,37,41)(H,38,40). The lowest BCUT2D eigenvalue weighted by Gasteiger charge is -2.40. The summed E-state index contributed by atoms with van der Waals surface area (Å²) in [5, 5.41) is 6.15. The van der Waals surface area contributed by atoms with E-state index in [2.05, 4.69) is 15.4 Å². The second kappa shape index (κ2) is 15.2. The van der Waals surface area contributed by atoms with Gasteiger partial charge in [-0.2, -0.15) is 0 Å². The zero-order valence-corrected chi connectivity index (χ0v) is 29.1. The number of likely N-dealkylation sites (N-methyl/N-ethyl adjacent to an activating group) is 2. The summed E-state index contributed by atoms with van der Waals surface area (Å²) < 4.78 is 27.8. The molecule has 0 saturated carbocycles. The minimum absolute atomic E-state index is 0.0624. The first kappa shape index (κ1) is 37.6. The molecule has 0 fully saturated rings. The maximum Gasteiger partial charge on any atom is 0.264 e. The Labute approximate surface area is 269 Å². The Morgan fingerprint density at radius 3 is 1.96 bits per heavy atom. The maximum absolute atomic E-state index is 14.1. The molecule has 2 aromatic carbocycles. The average molecular weight is 642 g/mol. The van der Waals surface area contributed by atoms with E-state index in [9.17, 15) is 22.8 Å². The number of hydrogen-bond donors (Lipinski definition) is 4. The zero-order chi connectivity index (χ0) is 34.3. The Morgan fingerprint density at radius 2 is 1.49 bits per heavy atom. The van der Waals surface area contributed by atoms with Crippen LogP contribution in [0.3, 0.4) is 0 Å². The van der Waals surface area contributed by atoms with E-state index in [-0.39, 0.29) is 34.7 Å². The minimum Gasteiger partial charge on any atom is -0.342 e. The third-order valence-electron chi connectivity index (χ3n) is 8.14. The van der Waals surface area contributed by atoms with Crippen LogP contribution in [-0.2, 0) is 36.4 Å². The van der Waals surface area contributed by atoms with E-state index >= 15 is 0 Å². The summed E-state index contributed by atoms with van der Waals surface area (Å²) in [5.41, 5.74) is 6.22. The molecule has 2 rings (SSSR count). The molecule has 0 aromatic heterocycles. The highest BCUT2D eigenvalue weighted by atomic mass is 32.2. The molecule has 0 radical (unpaired) electrons. The van der Waals surface area contributed by atoms with Crippen molar-refractivity contribution in [2.24, 2.45) is 17.1 Å². The molecule has 3 amide bonds. The summed E-state index contributed by atoms with van der Waals surface area (Å²) in [4.78, 5) is 42.3. The maximum atomic E-state index is 14.1. The van der Waals surface area contributed by atoms with Crippen LogP contribution in [0.25, 0.3) is 0 Å². The lowest BCUT2D eigenvalue weighted by Crippen LogP contribution is -2.61. The number of nitrogens with one attached hydrogen (secondary N) is 3. The first-order chi connectivity index (χ1) is 20.8. The highest BCUT2D eigenvalue weighted by Crippen LogP contribution is 2.29. The molecular formula is C34H51N5O5S. The number of amides is 3. The molecule has 0 saturated heterocycles. The van der Waals surface area contributed by atoms with Crippen LogP contribution in [0.5, 0.6) is 0 Å². The first-order valence-corrected chi connectivity index (χ1v) is 16.6. The SMILES string of the molecule is CNC(C(=O)NC(C(=O)N(C)C(C=C(C)C(=O)NS(=O)(=O)c1ccc(CN)cc1)C(C)C)C(C)(C)C)C(C)(C)c1ccccc1. The van der Waals surface area contributed by atoms with Crippen molar-refractivity contribution >= 4 is 27.7 Å². The third kappa shape index (κ3) is 9.48. The summed E-state index contributed by atoms with van der Waals surface area (Å²) in [6.45, 7) is 15.2. The summed E-state index contributed by atoms with van der Waals surface area (Å²) in [7, 11) is -0.783. The Bertz CT molecular complexity index is 1460. The Hall–Kier alpha value is -3.54. The van der Waals surface area contributed by atoms with E-state index in [4.69, 9.17) is 5.73 Å². The zero-order valence-electron chi connectivity index (χ0n) is 28.3. The van der Waals surface area contributed by atoms with Crippen LogP contribution >= 0.6 is 0 Å². The lowest BCUT2D eigenvalue weighted by atomic mass is 9.76. The predicted octanol–water partition coefficient (Wildman–Crippen LogP) is 3.48. The van der Waals surface area contributed by atoms with Crippen molar-refractivity contribution in [1.29, 1.82) is 0 Å². The number of rotatable bonds is 13. The van der Waals surface area contributed by atoms with Crippen LogP contribution in [0.4, 0.5) is 0 Å². The molecule has 0 heterocycles. The molecule has 3 atom stereocenters. The van der Waals surface area contributed by atoms with Crippen LogP contribution in [0.1, 0.15) is 66.5 Å². The van der Waals surface area contributed by atoms with Gasteiger partial charge in [0.25, 0.3) is 15.9 Å².